The zero-order valence-corrected chi connectivity index (χ0v) is 21.9. The lowest BCUT2D eigenvalue weighted by molar-refractivity contribution is -0.870. The first kappa shape index (κ1) is 31.0. The second kappa shape index (κ2) is 19.5. The quantitative estimate of drug-likeness (QED) is 0.103. The van der Waals surface area contributed by atoms with Gasteiger partial charge in [0.05, 0.1) is 33.9 Å². The van der Waals surface area contributed by atoms with E-state index in [4.69, 9.17) is 9.05 Å². The average Bonchev–Trinajstić information content (AvgIpc) is 2.68. The third-order valence-electron chi connectivity index (χ3n) is 5.59. The fraction of sp³-hybridized carbons (Fsp3) is 1.00. The number of aliphatic hydroxyl groups excluding tert-OH is 1. The van der Waals surface area contributed by atoms with Crippen LogP contribution in [0.25, 0.3) is 0 Å². The molecule has 31 heavy (non-hydrogen) atoms. The summed E-state index contributed by atoms with van der Waals surface area (Å²) >= 11 is 0. The molecular weight excluding hydrogens is 413 g/mol. The highest BCUT2D eigenvalue weighted by atomic mass is 31.2. The Morgan fingerprint density at radius 1 is 0.742 bits per heavy atom. The van der Waals surface area contributed by atoms with Crippen molar-refractivity contribution in [3.63, 3.8) is 0 Å². The number of hydrogen-bond acceptors (Lipinski definition) is 4. The third kappa shape index (κ3) is 24.5. The molecule has 0 aromatic rings. The number of nitrogens with zero attached hydrogens (tertiary/aromatic N) is 1. The van der Waals surface area contributed by atoms with Crippen molar-refractivity contribution in [1.29, 1.82) is 0 Å². The summed E-state index contributed by atoms with van der Waals surface area (Å²) in [6.07, 6.45) is 19.5. The Balaban J connectivity index is 3.42. The van der Waals surface area contributed by atoms with E-state index in [9.17, 15) is 14.6 Å². The van der Waals surface area contributed by atoms with Crippen molar-refractivity contribution in [3.05, 3.63) is 0 Å². The van der Waals surface area contributed by atoms with Crippen molar-refractivity contribution in [2.45, 2.75) is 116 Å². The number of rotatable bonds is 23. The molecule has 0 saturated carbocycles. The molecule has 0 saturated heterocycles. The van der Waals surface area contributed by atoms with Crippen molar-refractivity contribution in [2.24, 2.45) is 0 Å². The molecule has 0 aliphatic heterocycles. The van der Waals surface area contributed by atoms with Gasteiger partial charge in [-0.1, -0.05) is 103 Å². The van der Waals surface area contributed by atoms with E-state index >= 15 is 0 Å². The van der Waals surface area contributed by atoms with Crippen LogP contribution in [0, 0.1) is 0 Å². The Morgan fingerprint density at radius 2 is 1.16 bits per heavy atom. The fourth-order valence-corrected chi connectivity index (χ4v) is 4.23. The Kier molecular flexibility index (Phi) is 19.5. The first-order valence-electron chi connectivity index (χ1n) is 12.8. The lowest BCUT2D eigenvalue weighted by atomic mass is 10.0. The Hall–Kier alpha value is 0.0300. The Bertz CT molecular complexity index is 442. The second-order valence-corrected chi connectivity index (χ2v) is 11.5. The van der Waals surface area contributed by atoms with E-state index < -0.39 is 13.9 Å². The van der Waals surface area contributed by atoms with Crippen LogP contribution in [0.3, 0.4) is 0 Å². The highest BCUT2D eigenvalue weighted by Crippen LogP contribution is 2.43. The van der Waals surface area contributed by atoms with Crippen LogP contribution in [0.5, 0.6) is 0 Å². The van der Waals surface area contributed by atoms with E-state index in [1.54, 1.807) is 0 Å². The van der Waals surface area contributed by atoms with Crippen LogP contribution in [-0.2, 0) is 13.6 Å². The topological polar surface area (TPSA) is 76.0 Å². The smallest absolute Gasteiger partial charge is 0.391 e. The summed E-state index contributed by atoms with van der Waals surface area (Å²) in [5, 5.41) is 9.96. The van der Waals surface area contributed by atoms with Crippen molar-refractivity contribution >= 4 is 7.82 Å². The van der Waals surface area contributed by atoms with Gasteiger partial charge in [0.15, 0.2) is 0 Å². The Labute approximate surface area is 192 Å². The minimum Gasteiger partial charge on any atom is -0.391 e. The maximum Gasteiger partial charge on any atom is 0.472 e. The second-order valence-electron chi connectivity index (χ2n) is 10.0. The van der Waals surface area contributed by atoms with Gasteiger partial charge in [-0.3, -0.25) is 9.05 Å². The summed E-state index contributed by atoms with van der Waals surface area (Å²) < 4.78 is 22.3. The molecule has 0 radical (unpaired) electrons. The molecule has 0 aliphatic rings. The van der Waals surface area contributed by atoms with E-state index in [1.165, 1.54) is 83.5 Å². The molecule has 6 nitrogen and oxygen atoms in total. The number of aliphatic hydroxyl groups is 1. The van der Waals surface area contributed by atoms with Gasteiger partial charge in [-0.2, -0.15) is 0 Å². The highest BCUT2D eigenvalue weighted by Gasteiger charge is 2.23. The summed E-state index contributed by atoms with van der Waals surface area (Å²) in [5.41, 5.74) is 0. The lowest BCUT2D eigenvalue weighted by Gasteiger charge is -2.24. The van der Waals surface area contributed by atoms with E-state index in [0.29, 0.717) is 17.4 Å². The van der Waals surface area contributed by atoms with E-state index in [-0.39, 0.29) is 13.2 Å². The van der Waals surface area contributed by atoms with Crippen LogP contribution in [0.4, 0.5) is 0 Å². The molecule has 0 aliphatic carbocycles. The van der Waals surface area contributed by atoms with E-state index in [0.717, 1.165) is 12.8 Å². The van der Waals surface area contributed by atoms with Gasteiger partial charge in [-0.25, -0.2) is 4.57 Å². The van der Waals surface area contributed by atoms with Gasteiger partial charge in [0.1, 0.15) is 13.2 Å². The molecule has 2 N–H and O–H groups in total. The van der Waals surface area contributed by atoms with Gasteiger partial charge in [-0.15, -0.1) is 0 Å². The summed E-state index contributed by atoms with van der Waals surface area (Å²) in [4.78, 5) is 9.66. The molecule has 2 atom stereocenters. The van der Waals surface area contributed by atoms with Crippen molar-refractivity contribution < 1.29 is 28.1 Å². The van der Waals surface area contributed by atoms with Crippen LogP contribution in [0.2, 0.25) is 0 Å². The summed E-state index contributed by atoms with van der Waals surface area (Å²) in [6.45, 7) is 2.86. The number of unbranched alkanes of at least 4 members (excludes halogenated alkanes) is 14. The van der Waals surface area contributed by atoms with Gasteiger partial charge in [0, 0.05) is 0 Å². The Morgan fingerprint density at radius 3 is 1.58 bits per heavy atom. The number of phosphoric acid groups is 1. The van der Waals surface area contributed by atoms with Crippen molar-refractivity contribution in [2.75, 3.05) is 40.9 Å². The van der Waals surface area contributed by atoms with Gasteiger partial charge < -0.3 is 14.5 Å². The zero-order chi connectivity index (χ0) is 23.4. The molecule has 188 valence electrons. The van der Waals surface area contributed by atoms with Crippen LogP contribution in [-0.4, -0.2) is 61.5 Å². The molecule has 0 rings (SSSR count). The number of likely N-dealkylation sites (N-methyl/N-ethyl adjacent to an activating group) is 1. The first-order valence-corrected chi connectivity index (χ1v) is 14.3. The predicted molar refractivity (Wildman–Crippen MR) is 130 cm³/mol. The lowest BCUT2D eigenvalue weighted by Crippen LogP contribution is -2.37. The zero-order valence-electron chi connectivity index (χ0n) is 21.0. The molecular formula is C24H53NO5P+. The van der Waals surface area contributed by atoms with Gasteiger partial charge in [0.25, 0.3) is 0 Å². The standard InChI is InChI=1S/C24H52NO5P/c1-5-6-7-8-9-10-11-12-13-14-15-16-17-18-19-20-24(26)23-30-31(27,28)29-22-21-25(2,3)4/h24,26H,5-23H2,1-4H3/p+1. The van der Waals surface area contributed by atoms with E-state index in [2.05, 4.69) is 6.92 Å². The molecule has 0 heterocycles. The van der Waals surface area contributed by atoms with Crippen LogP contribution in [0.15, 0.2) is 0 Å². The van der Waals surface area contributed by atoms with Gasteiger partial charge >= 0.3 is 7.82 Å². The molecule has 0 bridgehead atoms. The largest absolute Gasteiger partial charge is 0.472 e. The first-order chi connectivity index (χ1) is 14.7. The number of hydrogen-bond donors (Lipinski definition) is 2. The maximum atomic E-state index is 11.8. The average molecular weight is 467 g/mol. The molecule has 7 heteroatoms. The minimum atomic E-state index is -4.08. The third-order valence-corrected chi connectivity index (χ3v) is 6.57. The predicted octanol–water partition coefficient (Wildman–Crippen LogP) is 6.45. The summed E-state index contributed by atoms with van der Waals surface area (Å²) in [7, 11) is 1.86. The van der Waals surface area contributed by atoms with E-state index in [1.807, 2.05) is 21.1 Å². The fourth-order valence-electron chi connectivity index (χ4n) is 3.48. The summed E-state index contributed by atoms with van der Waals surface area (Å²) in [6, 6.07) is 0. The van der Waals surface area contributed by atoms with Gasteiger partial charge in [0.2, 0.25) is 0 Å². The normalized spacial score (nSPS) is 15.2. The number of phosphoric ester groups is 1. The molecule has 0 spiro atoms. The molecule has 0 aromatic heterocycles. The summed E-state index contributed by atoms with van der Waals surface area (Å²) in [5.74, 6) is 0. The maximum absolute atomic E-state index is 11.8. The highest BCUT2D eigenvalue weighted by molar-refractivity contribution is 7.47. The van der Waals surface area contributed by atoms with Crippen LogP contribution in [0.1, 0.15) is 110 Å². The molecule has 0 amide bonds. The number of quaternary nitrogens is 1. The monoisotopic (exact) mass is 466 g/mol. The van der Waals surface area contributed by atoms with Crippen molar-refractivity contribution in [1.82, 2.24) is 0 Å². The van der Waals surface area contributed by atoms with Crippen molar-refractivity contribution in [3.8, 4) is 0 Å². The molecule has 0 aromatic carbocycles. The van der Waals surface area contributed by atoms with Gasteiger partial charge in [-0.05, 0) is 6.42 Å². The van der Waals surface area contributed by atoms with Crippen LogP contribution < -0.4 is 0 Å². The van der Waals surface area contributed by atoms with Crippen LogP contribution >= 0.6 is 7.82 Å². The molecule has 0 fully saturated rings. The molecule has 2 unspecified atom stereocenters. The SMILES string of the molecule is CCCCCCCCCCCCCCCCCC(O)COP(=O)(O)OCC[N+](C)(C)C. The minimum absolute atomic E-state index is 0.145.